The molecule has 0 bridgehead atoms. The van der Waals surface area contributed by atoms with Gasteiger partial charge in [0.1, 0.15) is 90.0 Å². The number of carbonyl (C=O) groups excluding carboxylic acids is 3. The molecular weight excluding hydrogens is 1610 g/mol. The molecule has 9 N–H and O–H groups in total. The molecule has 3 saturated heterocycles. The Kier molecular flexibility index (Phi) is 35.2. The van der Waals surface area contributed by atoms with Crippen LogP contribution in [0.2, 0.25) is 5.02 Å². The molecule has 8 heterocycles. The molecule has 1 aromatic heterocycles. The summed E-state index contributed by atoms with van der Waals surface area (Å²) in [5.74, 6) is -1.61. The van der Waals surface area contributed by atoms with Crippen LogP contribution in [0.25, 0.3) is 11.0 Å². The monoisotopic (exact) mass is 1720 g/mol. The maximum absolute atomic E-state index is 15.3. The SMILES string of the molecule is C.C.C.CS(=O)(=O)OC[C@@H](NC(=O)OCc1ccccc1)[C@H](O)c1ccc2c(c1)OCCO2.C[C@@H]1CCCN1C[C@@H](N)[C@H](O)c1ccc2c(c1)OCCO2.C[C@@H]1CCCN1C[C@@H](NC(=O)C(F)(F)c1cc2cc(Cl)ccc2o1)[C@H](O)c1ccc2c(c1)OCCO2.C[C@@H]1CCCN1C[C@@H](NC(=O)OCc1ccccc1)[C@H](O)c1ccc2c(c1)OCCO2. The van der Waals surface area contributed by atoms with Crippen LogP contribution in [0.15, 0.2) is 162 Å². The summed E-state index contributed by atoms with van der Waals surface area (Å²) >= 11 is 5.95. The number of hydrogen-bond donors (Lipinski definition) is 8. The summed E-state index contributed by atoms with van der Waals surface area (Å²) in [6.07, 6.45) is 1.96. The number of nitrogens with one attached hydrogen (secondary N) is 3. The highest BCUT2D eigenvalue weighted by Gasteiger charge is 2.47. The molecule has 15 rings (SSSR count). The second-order valence-electron chi connectivity index (χ2n) is 30.1. The highest BCUT2D eigenvalue weighted by molar-refractivity contribution is 7.86. The molecule has 8 aromatic rings. The summed E-state index contributed by atoms with van der Waals surface area (Å²) in [6, 6.07) is 43.1. The molecule has 0 spiro atoms. The van der Waals surface area contributed by atoms with Gasteiger partial charge in [0.25, 0.3) is 16.0 Å². The van der Waals surface area contributed by atoms with Gasteiger partial charge in [0.15, 0.2) is 51.8 Å². The van der Waals surface area contributed by atoms with E-state index >= 15 is 8.78 Å². The number of alkyl carbamates (subject to hydrolysis) is 2. The van der Waals surface area contributed by atoms with Crippen LogP contribution < -0.4 is 59.6 Å². The number of furan rings is 1. The van der Waals surface area contributed by atoms with Crippen molar-refractivity contribution >= 4 is 50.8 Å². The molecule has 7 aliphatic rings. The van der Waals surface area contributed by atoms with Gasteiger partial charge in [-0.25, -0.2) is 9.59 Å². The van der Waals surface area contributed by atoms with E-state index in [9.17, 15) is 43.2 Å². The summed E-state index contributed by atoms with van der Waals surface area (Å²) in [4.78, 5) is 44.4. The topological polar surface area (TPSA) is 353 Å². The van der Waals surface area contributed by atoms with Gasteiger partial charge in [-0.3, -0.25) is 23.7 Å². The van der Waals surface area contributed by atoms with E-state index in [1.54, 1.807) is 60.7 Å². The van der Waals surface area contributed by atoms with Crippen LogP contribution in [0.4, 0.5) is 18.4 Å². The first-order valence-corrected chi connectivity index (χ1v) is 41.9. The van der Waals surface area contributed by atoms with E-state index in [1.807, 2.05) is 79.7 Å². The maximum Gasteiger partial charge on any atom is 0.407 e. The molecule has 660 valence electrons. The average molecular weight is 1730 g/mol. The van der Waals surface area contributed by atoms with Crippen LogP contribution in [0, 0.1) is 0 Å². The van der Waals surface area contributed by atoms with Gasteiger partial charge in [-0.2, -0.15) is 17.2 Å². The standard InChI is InChI=1S/C26H27ClF2N2O5.C24H30N2O5.C20H23NO8S.C16H24N2O3.3CH4/c1-15-3-2-8-31(15)14-19(24(32)16-4-6-21-22(12-16)35-10-9-34-21)30-25(33)26(28,29)23-13-17-11-18(27)5-7-20(17)36-23;1-17-6-5-11-26(17)15-20(25-24(28)31-16-18-7-3-2-4-8-18)23(27)19-9-10-21-22(14-19)30-13-12-29-21;1-30(24,25)29-13-16(21-20(23)28-12-14-5-3-2-4-6-14)19(22)15-7-8-17-18(11-15)27-10-9-26-17;1-11-3-2-6-18(11)10-13(17)16(19)12-4-5-14-15(9-12)21-8-7-20-14;;;/h4-7,11-13,15,19,24,32H,2-3,8-10,14H2,1H3,(H,30,33);2-4,7-10,14,17,20,23,27H,5-6,11-13,15-16H2,1H3,(H,25,28);2-8,11,16,19,22H,9-10,12-13H2,1H3,(H,21,23);4-5,9,11,13,16,19H,2-3,6-8,10,17H2,1H3;3*1H4/t15-,19-,24-;17-,20-,23-;16-,19-;11-,13-,16-;;;/m1111.../s1. The van der Waals surface area contributed by atoms with E-state index in [1.165, 1.54) is 31.0 Å². The summed E-state index contributed by atoms with van der Waals surface area (Å²) in [5, 5.41) is 52.2. The predicted octanol–water partition coefficient (Wildman–Crippen LogP) is 12.9. The Labute approximate surface area is 711 Å². The van der Waals surface area contributed by atoms with Gasteiger partial charge in [-0.1, -0.05) is 119 Å². The Balaban J connectivity index is 0.000000184. The third-order valence-electron chi connectivity index (χ3n) is 21.4. The fourth-order valence-corrected chi connectivity index (χ4v) is 15.4. The van der Waals surface area contributed by atoms with Crippen molar-refractivity contribution in [2.75, 3.05) is 105 Å². The fraction of sp³-hybridized carbons (Fsp3) is 0.472. The molecule has 0 radical (unpaired) electrons. The first kappa shape index (κ1) is 95.1. The smallest absolute Gasteiger partial charge is 0.407 e. The van der Waals surface area contributed by atoms with Crippen molar-refractivity contribution < 1.29 is 108 Å². The summed E-state index contributed by atoms with van der Waals surface area (Å²) < 4.78 is 118. The molecule has 28 nitrogen and oxygen atoms in total. The number of ether oxygens (including phenoxy) is 10. The number of halogens is 3. The summed E-state index contributed by atoms with van der Waals surface area (Å²) in [7, 11) is -3.79. The van der Waals surface area contributed by atoms with Gasteiger partial charge in [0.2, 0.25) is 0 Å². The van der Waals surface area contributed by atoms with E-state index in [0.29, 0.717) is 139 Å². The van der Waals surface area contributed by atoms with Gasteiger partial charge in [0, 0.05) is 54.2 Å². The zero-order valence-electron chi connectivity index (χ0n) is 66.3. The van der Waals surface area contributed by atoms with Crippen molar-refractivity contribution in [1.29, 1.82) is 0 Å². The van der Waals surface area contributed by atoms with Gasteiger partial charge in [0.05, 0.1) is 37.1 Å². The second-order valence-corrected chi connectivity index (χ2v) is 32.2. The molecular formula is C89H116ClF2N7O21S. The lowest BCUT2D eigenvalue weighted by Gasteiger charge is -2.32. The van der Waals surface area contributed by atoms with E-state index in [2.05, 4.69) is 44.5 Å². The molecule has 0 saturated carbocycles. The number of benzene rings is 7. The minimum absolute atomic E-state index is 0. The van der Waals surface area contributed by atoms with Crippen LogP contribution in [0.5, 0.6) is 46.0 Å². The number of likely N-dealkylation sites (tertiary alicyclic amines) is 3. The number of nitrogens with zero attached hydrogens (tertiary/aromatic N) is 3. The number of hydrogen-bond acceptors (Lipinski definition) is 25. The number of alkyl halides is 2. The lowest BCUT2D eigenvalue weighted by Crippen LogP contribution is -2.51. The zero-order valence-corrected chi connectivity index (χ0v) is 67.9. The lowest BCUT2D eigenvalue weighted by atomic mass is 10.00. The van der Waals surface area contributed by atoms with Crippen molar-refractivity contribution in [3.63, 3.8) is 0 Å². The van der Waals surface area contributed by atoms with Crippen molar-refractivity contribution in [2.45, 2.75) is 167 Å². The first-order valence-electron chi connectivity index (χ1n) is 39.7. The van der Waals surface area contributed by atoms with Crippen LogP contribution in [-0.2, 0) is 47.7 Å². The van der Waals surface area contributed by atoms with Crippen molar-refractivity contribution in [2.24, 2.45) is 5.73 Å². The van der Waals surface area contributed by atoms with E-state index < -0.39 is 89.0 Å². The Morgan fingerprint density at radius 3 is 1.22 bits per heavy atom. The van der Waals surface area contributed by atoms with E-state index in [-0.39, 0.29) is 59.7 Å². The molecule has 0 aliphatic carbocycles. The average Bonchev–Trinajstić information content (AvgIpc) is 1.67. The van der Waals surface area contributed by atoms with Crippen LogP contribution in [-0.4, -0.2) is 209 Å². The van der Waals surface area contributed by atoms with Crippen molar-refractivity contribution in [3.8, 4) is 46.0 Å². The Morgan fingerprint density at radius 2 is 0.843 bits per heavy atom. The molecule has 7 aliphatic heterocycles. The third-order valence-corrected chi connectivity index (χ3v) is 22.2. The largest absolute Gasteiger partial charge is 0.486 e. The Morgan fingerprint density at radius 1 is 0.488 bits per heavy atom. The van der Waals surface area contributed by atoms with E-state index in [4.69, 9.17) is 73.3 Å². The number of amides is 3. The van der Waals surface area contributed by atoms with Crippen LogP contribution >= 0.6 is 11.6 Å². The predicted molar refractivity (Wildman–Crippen MR) is 453 cm³/mol. The minimum atomic E-state index is -3.97. The van der Waals surface area contributed by atoms with E-state index in [0.717, 1.165) is 86.6 Å². The first-order chi connectivity index (χ1) is 56.8. The van der Waals surface area contributed by atoms with Crippen molar-refractivity contribution in [3.05, 3.63) is 202 Å². The fourth-order valence-electron chi connectivity index (χ4n) is 14.8. The third kappa shape index (κ3) is 26.4. The number of nitrogens with two attached hydrogens (primary N) is 1. The molecule has 32 heteroatoms. The summed E-state index contributed by atoms with van der Waals surface area (Å²) in [5.41, 5.74) is 10.4. The lowest BCUT2D eigenvalue weighted by molar-refractivity contribution is -0.151. The van der Waals surface area contributed by atoms with Crippen LogP contribution in [0.3, 0.4) is 0 Å². The zero-order chi connectivity index (χ0) is 83.5. The molecule has 7 aromatic carbocycles. The van der Waals surface area contributed by atoms with Gasteiger partial charge >= 0.3 is 18.1 Å². The molecule has 3 amide bonds. The number of carbonyl (C=O) groups is 3. The number of aliphatic hydroxyl groups is 4. The van der Waals surface area contributed by atoms with Crippen LogP contribution in [0.1, 0.15) is 145 Å². The quantitative estimate of drug-likeness (QED) is 0.0233. The Bertz CT molecular complexity index is 4760. The molecule has 0 unspecified atom stereocenters. The number of rotatable bonds is 26. The van der Waals surface area contributed by atoms with Crippen molar-refractivity contribution in [1.82, 2.24) is 30.7 Å². The van der Waals surface area contributed by atoms with Gasteiger partial charge < -0.3 is 93.9 Å². The minimum Gasteiger partial charge on any atom is -0.486 e. The van der Waals surface area contributed by atoms with Gasteiger partial charge in [-0.05, 0) is 185 Å². The highest BCUT2D eigenvalue weighted by atomic mass is 35.5. The molecule has 121 heavy (non-hydrogen) atoms. The highest BCUT2D eigenvalue weighted by Crippen LogP contribution is 2.40. The number of aliphatic hydroxyl groups excluding tert-OH is 4. The Hall–Kier alpha value is -9.77. The molecule has 11 atom stereocenters. The molecule has 3 fully saturated rings. The number of fused-ring (bicyclic) bond motifs is 5. The summed E-state index contributed by atoms with van der Waals surface area (Å²) in [6.45, 7) is 14.1. The van der Waals surface area contributed by atoms with Gasteiger partial charge in [-0.15, -0.1) is 0 Å². The maximum atomic E-state index is 15.3. The normalized spacial score (nSPS) is 19.1. The second kappa shape index (κ2) is 44.9.